The molecule has 4 N–H and O–H groups in total. The smallest absolute Gasteiger partial charge is 0.145 e. The van der Waals surface area contributed by atoms with Crippen LogP contribution in [0.25, 0.3) is 0 Å². The molecule has 0 aliphatic carbocycles. The summed E-state index contributed by atoms with van der Waals surface area (Å²) in [7, 11) is 0. The highest BCUT2D eigenvalue weighted by atomic mass is 16.5. The van der Waals surface area contributed by atoms with E-state index in [4.69, 9.17) is 10.6 Å². The zero-order valence-electron chi connectivity index (χ0n) is 9.63. The number of nitrogens with one attached hydrogen (secondary N) is 2. The van der Waals surface area contributed by atoms with Gasteiger partial charge in [-0.2, -0.15) is 0 Å². The molecule has 0 amide bonds. The van der Waals surface area contributed by atoms with Crippen molar-refractivity contribution in [3.8, 4) is 5.75 Å². The second-order valence-electron chi connectivity index (χ2n) is 3.98. The van der Waals surface area contributed by atoms with Gasteiger partial charge in [0, 0.05) is 11.6 Å². The molecule has 1 aliphatic rings. The molecule has 3 rings (SSSR count). The van der Waals surface area contributed by atoms with E-state index in [0.717, 1.165) is 11.3 Å². The zero-order valence-corrected chi connectivity index (χ0v) is 9.63. The summed E-state index contributed by atoms with van der Waals surface area (Å²) in [4.78, 5) is 8.11. The molecule has 1 aromatic carbocycles. The van der Waals surface area contributed by atoms with Crippen LogP contribution in [0, 0.1) is 0 Å². The first-order chi connectivity index (χ1) is 8.86. The van der Waals surface area contributed by atoms with Gasteiger partial charge >= 0.3 is 0 Å². The van der Waals surface area contributed by atoms with E-state index in [1.54, 1.807) is 6.07 Å². The third kappa shape index (κ3) is 1.93. The highest BCUT2D eigenvalue weighted by Crippen LogP contribution is 2.33. The van der Waals surface area contributed by atoms with E-state index in [1.165, 1.54) is 6.33 Å². The number of nitrogen functional groups attached to an aromatic ring is 1. The first-order valence-corrected chi connectivity index (χ1v) is 5.64. The second-order valence-corrected chi connectivity index (χ2v) is 3.98. The van der Waals surface area contributed by atoms with Crippen molar-refractivity contribution in [3.63, 3.8) is 0 Å². The average Bonchev–Trinajstić information content (AvgIpc) is 2.83. The predicted molar refractivity (Wildman–Crippen MR) is 68.1 cm³/mol. The molecule has 0 spiro atoms. The van der Waals surface area contributed by atoms with Crippen LogP contribution in [-0.4, -0.2) is 16.6 Å². The van der Waals surface area contributed by atoms with Gasteiger partial charge < -0.3 is 15.5 Å². The molecule has 6 heteroatoms. The van der Waals surface area contributed by atoms with Gasteiger partial charge in [-0.25, -0.2) is 15.8 Å². The molecular formula is C12H13N5O. The molecule has 0 radical (unpaired) electrons. The van der Waals surface area contributed by atoms with E-state index in [1.807, 2.05) is 24.3 Å². The topological polar surface area (TPSA) is 85.1 Å². The van der Waals surface area contributed by atoms with E-state index in [-0.39, 0.29) is 6.04 Å². The summed E-state index contributed by atoms with van der Waals surface area (Å²) in [6.45, 7) is 0.592. The van der Waals surface area contributed by atoms with Crippen LogP contribution >= 0.6 is 0 Å². The fraction of sp³-hybridized carbons (Fsp3) is 0.167. The van der Waals surface area contributed by atoms with Gasteiger partial charge in [0.2, 0.25) is 0 Å². The van der Waals surface area contributed by atoms with E-state index < -0.39 is 0 Å². The fourth-order valence-corrected chi connectivity index (χ4v) is 1.98. The number of hydrogen-bond donors (Lipinski definition) is 3. The molecule has 1 aromatic heterocycles. The molecule has 6 nitrogen and oxygen atoms in total. The van der Waals surface area contributed by atoms with E-state index >= 15 is 0 Å². The lowest BCUT2D eigenvalue weighted by Crippen LogP contribution is -2.14. The van der Waals surface area contributed by atoms with Gasteiger partial charge in [0.05, 0.1) is 6.04 Å². The Kier molecular flexibility index (Phi) is 2.70. The van der Waals surface area contributed by atoms with Crippen molar-refractivity contribution < 1.29 is 4.74 Å². The second kappa shape index (κ2) is 4.50. The van der Waals surface area contributed by atoms with E-state index in [9.17, 15) is 0 Å². The minimum absolute atomic E-state index is 0.0988. The lowest BCUT2D eigenvalue weighted by molar-refractivity contribution is 0.339. The zero-order chi connectivity index (χ0) is 12.4. The van der Waals surface area contributed by atoms with Gasteiger partial charge in [-0.15, -0.1) is 0 Å². The number of hydrazine groups is 1. The summed E-state index contributed by atoms with van der Waals surface area (Å²) in [5, 5.41) is 3.30. The van der Waals surface area contributed by atoms with Crippen LogP contribution in [0.2, 0.25) is 0 Å². The summed E-state index contributed by atoms with van der Waals surface area (Å²) in [5.41, 5.74) is 3.63. The van der Waals surface area contributed by atoms with Crippen molar-refractivity contribution in [1.29, 1.82) is 0 Å². The van der Waals surface area contributed by atoms with Crippen LogP contribution < -0.4 is 21.3 Å². The number of aromatic nitrogens is 2. The lowest BCUT2D eigenvalue weighted by atomic mass is 10.1. The molecule has 0 bridgehead atoms. The summed E-state index contributed by atoms with van der Waals surface area (Å²) < 4.78 is 5.59. The summed E-state index contributed by atoms with van der Waals surface area (Å²) in [5.74, 6) is 7.51. The van der Waals surface area contributed by atoms with Gasteiger partial charge in [0.1, 0.15) is 30.3 Å². The van der Waals surface area contributed by atoms with Gasteiger partial charge in [0.15, 0.2) is 0 Å². The molecule has 2 aromatic rings. The molecule has 1 aliphatic heterocycles. The van der Waals surface area contributed by atoms with Gasteiger partial charge in [-0.1, -0.05) is 18.2 Å². The van der Waals surface area contributed by atoms with Crippen molar-refractivity contribution in [2.45, 2.75) is 6.04 Å². The van der Waals surface area contributed by atoms with Crippen LogP contribution in [-0.2, 0) is 0 Å². The standard InChI is InChI=1S/C12H13N5O/c13-17-12-5-11(14-7-15-12)16-9-6-18-10-4-2-1-3-8(9)10/h1-5,7,9H,6,13H2,(H2,14,15,16,17). The van der Waals surface area contributed by atoms with Crippen molar-refractivity contribution in [3.05, 3.63) is 42.2 Å². The lowest BCUT2D eigenvalue weighted by Gasteiger charge is -2.12. The SMILES string of the molecule is NNc1cc(NC2COc3ccccc32)ncn1. The fourth-order valence-electron chi connectivity index (χ4n) is 1.98. The maximum Gasteiger partial charge on any atom is 0.145 e. The number of anilines is 2. The number of para-hydroxylation sites is 1. The van der Waals surface area contributed by atoms with Crippen molar-refractivity contribution in [1.82, 2.24) is 9.97 Å². The van der Waals surface area contributed by atoms with Crippen LogP contribution in [0.4, 0.5) is 11.6 Å². The Balaban J connectivity index is 1.82. The van der Waals surface area contributed by atoms with E-state index in [0.29, 0.717) is 18.2 Å². The number of nitrogens with two attached hydrogens (primary N) is 1. The first-order valence-electron chi connectivity index (χ1n) is 5.64. The molecule has 0 fully saturated rings. The maximum atomic E-state index is 5.59. The number of rotatable bonds is 3. The monoisotopic (exact) mass is 243 g/mol. The van der Waals surface area contributed by atoms with Crippen molar-refractivity contribution in [2.75, 3.05) is 17.3 Å². The summed E-state index contributed by atoms with van der Waals surface area (Å²) in [6, 6.07) is 9.81. The van der Waals surface area contributed by atoms with E-state index in [2.05, 4.69) is 20.7 Å². The maximum absolute atomic E-state index is 5.59. The van der Waals surface area contributed by atoms with Gasteiger partial charge in [0.25, 0.3) is 0 Å². The predicted octanol–water partition coefficient (Wildman–Crippen LogP) is 1.31. The Morgan fingerprint density at radius 2 is 2.06 bits per heavy atom. The van der Waals surface area contributed by atoms with Crippen LogP contribution in [0.3, 0.4) is 0 Å². The van der Waals surface area contributed by atoms with Crippen LogP contribution in [0.15, 0.2) is 36.7 Å². The molecule has 18 heavy (non-hydrogen) atoms. The minimum atomic E-state index is 0.0988. The highest BCUT2D eigenvalue weighted by Gasteiger charge is 2.23. The Morgan fingerprint density at radius 1 is 1.22 bits per heavy atom. The first kappa shape index (κ1) is 10.8. The van der Waals surface area contributed by atoms with Crippen molar-refractivity contribution in [2.24, 2.45) is 5.84 Å². The third-order valence-corrected chi connectivity index (χ3v) is 2.84. The van der Waals surface area contributed by atoms with Gasteiger partial charge in [-0.05, 0) is 6.07 Å². The average molecular weight is 243 g/mol. The van der Waals surface area contributed by atoms with Crippen LogP contribution in [0.1, 0.15) is 11.6 Å². The number of hydrogen-bond acceptors (Lipinski definition) is 6. The molecule has 2 heterocycles. The summed E-state index contributed by atoms with van der Waals surface area (Å²) in [6.07, 6.45) is 1.46. The van der Waals surface area contributed by atoms with Crippen LogP contribution in [0.5, 0.6) is 5.75 Å². The Bertz CT molecular complexity index is 560. The molecular weight excluding hydrogens is 230 g/mol. The number of nitrogens with zero attached hydrogens (tertiary/aromatic N) is 2. The number of fused-ring (bicyclic) bond motifs is 1. The minimum Gasteiger partial charge on any atom is -0.491 e. The molecule has 1 atom stereocenters. The third-order valence-electron chi connectivity index (χ3n) is 2.84. The quantitative estimate of drug-likeness (QED) is 0.556. The normalized spacial score (nSPS) is 16.8. The highest BCUT2D eigenvalue weighted by molar-refractivity contribution is 5.50. The molecule has 92 valence electrons. The van der Waals surface area contributed by atoms with Crippen molar-refractivity contribution >= 4 is 11.6 Å². The summed E-state index contributed by atoms with van der Waals surface area (Å²) >= 11 is 0. The van der Waals surface area contributed by atoms with Gasteiger partial charge in [-0.3, -0.25) is 0 Å². The largest absolute Gasteiger partial charge is 0.491 e. The Hall–Kier alpha value is -2.34. The molecule has 0 saturated heterocycles. The number of ether oxygens (including phenoxy) is 1. The molecule has 0 saturated carbocycles. The Morgan fingerprint density at radius 3 is 2.94 bits per heavy atom. The number of benzene rings is 1. The molecule has 1 unspecified atom stereocenters. The Labute approximate surface area is 104 Å².